The van der Waals surface area contributed by atoms with Crippen molar-refractivity contribution in [2.45, 2.75) is 24.4 Å². The van der Waals surface area contributed by atoms with Crippen LogP contribution in [-0.2, 0) is 4.74 Å². The van der Waals surface area contributed by atoms with E-state index in [0.29, 0.717) is 0 Å². The number of aliphatic hydroxyl groups is 2. The van der Waals surface area contributed by atoms with Gasteiger partial charge in [-0.15, -0.1) is 0 Å². The Hall–Kier alpha value is -1.51. The van der Waals surface area contributed by atoms with Gasteiger partial charge in [0.25, 0.3) is 0 Å². The minimum absolute atomic E-state index is 0.00398. The first-order chi connectivity index (χ1) is 8.52. The predicted octanol–water partition coefficient (Wildman–Crippen LogP) is -1.19. The fourth-order valence-corrected chi connectivity index (χ4v) is 1.92. The topological polar surface area (TPSA) is 111 Å². The van der Waals surface area contributed by atoms with Crippen molar-refractivity contribution < 1.29 is 19.3 Å². The average molecular weight is 259 g/mol. The predicted molar refractivity (Wildman–Crippen MR) is 59.4 cm³/mol. The summed E-state index contributed by atoms with van der Waals surface area (Å²) in [5.41, 5.74) is 3.02. The Bertz CT molecular complexity index is 488. The number of nitrogens with two attached hydrogens (primary N) is 1. The van der Waals surface area contributed by atoms with Crippen LogP contribution < -0.4 is 11.4 Å². The lowest BCUT2D eigenvalue weighted by Crippen LogP contribution is -2.45. The number of aliphatic hydroxyl groups excluding tert-OH is 2. The molecule has 1 fully saturated rings. The van der Waals surface area contributed by atoms with Gasteiger partial charge >= 0.3 is 5.69 Å². The van der Waals surface area contributed by atoms with Crippen LogP contribution in [-0.4, -0.2) is 44.8 Å². The molecule has 18 heavy (non-hydrogen) atoms. The number of hydrogen-bond donors (Lipinski definition) is 3. The van der Waals surface area contributed by atoms with Gasteiger partial charge in [-0.2, -0.15) is 4.98 Å². The number of hydrogen-bond acceptors (Lipinski definition) is 6. The van der Waals surface area contributed by atoms with Crippen LogP contribution in [0, 0.1) is 0 Å². The first kappa shape index (κ1) is 12.9. The highest BCUT2D eigenvalue weighted by molar-refractivity contribution is 5.23. The first-order valence-electron chi connectivity index (χ1n) is 5.40. The second-order valence-corrected chi connectivity index (χ2v) is 4.22. The zero-order chi connectivity index (χ0) is 13.3. The molecule has 1 aromatic rings. The van der Waals surface area contributed by atoms with Gasteiger partial charge in [-0.05, 0) is 6.07 Å². The molecule has 2 heterocycles. The van der Waals surface area contributed by atoms with Gasteiger partial charge in [-0.1, -0.05) is 0 Å². The number of alkyl halides is 1. The highest BCUT2D eigenvalue weighted by Gasteiger charge is 2.49. The van der Waals surface area contributed by atoms with Crippen LogP contribution in [0.25, 0.3) is 0 Å². The lowest BCUT2D eigenvalue weighted by molar-refractivity contribution is -0.137. The lowest BCUT2D eigenvalue weighted by atomic mass is 10.00. The summed E-state index contributed by atoms with van der Waals surface area (Å²) in [5.74, 6) is 0.0636. The summed E-state index contributed by atoms with van der Waals surface area (Å²) in [6, 6.07) is 1.39. The van der Waals surface area contributed by atoms with Crippen molar-refractivity contribution in [1.29, 1.82) is 0 Å². The molecule has 0 aliphatic carbocycles. The van der Waals surface area contributed by atoms with Gasteiger partial charge in [-0.3, -0.25) is 4.57 Å². The van der Waals surface area contributed by atoms with Crippen LogP contribution in [0.3, 0.4) is 0 Å². The maximum Gasteiger partial charge on any atom is 0.351 e. The molecular formula is C10H14FN3O4. The van der Waals surface area contributed by atoms with E-state index in [-0.39, 0.29) is 12.2 Å². The monoisotopic (exact) mass is 259 g/mol. The van der Waals surface area contributed by atoms with E-state index in [1.54, 1.807) is 0 Å². The molecule has 0 bridgehead atoms. The summed E-state index contributed by atoms with van der Waals surface area (Å²) < 4.78 is 19.3. The molecular weight excluding hydrogens is 245 g/mol. The molecule has 0 spiro atoms. The molecule has 0 saturated carbocycles. The van der Waals surface area contributed by atoms with Crippen molar-refractivity contribution in [1.82, 2.24) is 9.55 Å². The number of anilines is 1. The van der Waals surface area contributed by atoms with Crippen molar-refractivity contribution in [3.8, 4) is 0 Å². The summed E-state index contributed by atoms with van der Waals surface area (Å²) >= 11 is 0. The molecule has 3 atom stereocenters. The summed E-state index contributed by atoms with van der Waals surface area (Å²) in [7, 11) is 0. The highest BCUT2D eigenvalue weighted by Crippen LogP contribution is 2.36. The van der Waals surface area contributed by atoms with Gasteiger partial charge in [0, 0.05) is 12.6 Å². The van der Waals surface area contributed by atoms with E-state index in [1.807, 2.05) is 0 Å². The summed E-state index contributed by atoms with van der Waals surface area (Å²) in [6.45, 7) is -1.71. The molecule has 0 amide bonds. The smallest absolute Gasteiger partial charge is 0.351 e. The Morgan fingerprint density at radius 2 is 2.44 bits per heavy atom. The molecule has 100 valence electrons. The van der Waals surface area contributed by atoms with Gasteiger partial charge < -0.3 is 20.7 Å². The van der Waals surface area contributed by atoms with Crippen molar-refractivity contribution in [3.63, 3.8) is 0 Å². The number of aromatic nitrogens is 2. The van der Waals surface area contributed by atoms with E-state index in [4.69, 9.17) is 15.6 Å². The van der Waals surface area contributed by atoms with E-state index < -0.39 is 36.9 Å². The van der Waals surface area contributed by atoms with Gasteiger partial charge in [0.2, 0.25) is 0 Å². The normalized spacial score (nSPS) is 31.7. The standard InChI is InChI=1S/C10H14FN3O4/c11-4-10(5-15)6(16)3-8(18-10)14-2-1-7(12)13-9(14)17/h1-2,6,8,15-16H,3-5H2,(H2,12,13,17)/t6-,8+,10?/m0/s1. The maximum atomic E-state index is 12.9. The van der Waals surface area contributed by atoms with Crippen LogP contribution in [0.1, 0.15) is 12.6 Å². The minimum Gasteiger partial charge on any atom is -0.393 e. The third-order valence-corrected chi connectivity index (χ3v) is 3.06. The molecule has 1 unspecified atom stereocenters. The summed E-state index contributed by atoms with van der Waals surface area (Å²) in [4.78, 5) is 15.1. The number of rotatable bonds is 3. The van der Waals surface area contributed by atoms with Crippen LogP contribution in [0.15, 0.2) is 17.1 Å². The van der Waals surface area contributed by atoms with Crippen LogP contribution in [0.5, 0.6) is 0 Å². The largest absolute Gasteiger partial charge is 0.393 e. The molecule has 2 rings (SSSR count). The number of ether oxygens (including phenoxy) is 1. The summed E-state index contributed by atoms with van der Waals surface area (Å²) in [6.07, 6.45) is -0.713. The van der Waals surface area contributed by atoms with Crippen molar-refractivity contribution >= 4 is 5.82 Å². The Morgan fingerprint density at radius 3 is 2.94 bits per heavy atom. The lowest BCUT2D eigenvalue weighted by Gasteiger charge is -2.26. The molecule has 1 aliphatic heterocycles. The van der Waals surface area contributed by atoms with E-state index in [0.717, 1.165) is 4.57 Å². The van der Waals surface area contributed by atoms with Crippen molar-refractivity contribution in [2.75, 3.05) is 19.0 Å². The van der Waals surface area contributed by atoms with Gasteiger partial charge in [-0.25, -0.2) is 9.18 Å². The average Bonchev–Trinajstić information content (AvgIpc) is 2.67. The van der Waals surface area contributed by atoms with E-state index >= 15 is 0 Å². The third kappa shape index (κ3) is 1.98. The Kier molecular flexibility index (Phi) is 3.33. The zero-order valence-electron chi connectivity index (χ0n) is 9.49. The fourth-order valence-electron chi connectivity index (χ4n) is 1.92. The molecule has 1 aliphatic rings. The van der Waals surface area contributed by atoms with Gasteiger partial charge in [0.05, 0.1) is 12.7 Å². The third-order valence-electron chi connectivity index (χ3n) is 3.06. The molecule has 0 aromatic carbocycles. The second kappa shape index (κ2) is 4.63. The molecule has 7 nitrogen and oxygen atoms in total. The maximum absolute atomic E-state index is 12.9. The Morgan fingerprint density at radius 1 is 1.72 bits per heavy atom. The molecule has 8 heteroatoms. The second-order valence-electron chi connectivity index (χ2n) is 4.22. The Labute approximate surface area is 102 Å². The van der Waals surface area contributed by atoms with Gasteiger partial charge in [0.1, 0.15) is 24.3 Å². The minimum atomic E-state index is -1.68. The van der Waals surface area contributed by atoms with Gasteiger partial charge in [0.15, 0.2) is 0 Å². The zero-order valence-corrected chi connectivity index (χ0v) is 9.49. The molecule has 4 N–H and O–H groups in total. The van der Waals surface area contributed by atoms with E-state index in [2.05, 4.69) is 4.98 Å². The van der Waals surface area contributed by atoms with Crippen LogP contribution in [0.4, 0.5) is 10.2 Å². The van der Waals surface area contributed by atoms with Crippen molar-refractivity contribution in [3.05, 3.63) is 22.7 Å². The van der Waals surface area contributed by atoms with E-state index in [9.17, 15) is 14.3 Å². The SMILES string of the molecule is Nc1ccn([C@H]2C[C@H](O)C(CO)(CF)O2)c(=O)n1. The number of nitrogen functional groups attached to an aromatic ring is 1. The van der Waals surface area contributed by atoms with Crippen LogP contribution >= 0.6 is 0 Å². The quantitative estimate of drug-likeness (QED) is 0.629. The number of nitrogens with zero attached hydrogens (tertiary/aromatic N) is 2. The van der Waals surface area contributed by atoms with Crippen LogP contribution in [0.2, 0.25) is 0 Å². The number of halogens is 1. The fraction of sp³-hybridized carbons (Fsp3) is 0.600. The van der Waals surface area contributed by atoms with Crippen molar-refractivity contribution in [2.24, 2.45) is 0 Å². The van der Waals surface area contributed by atoms with E-state index in [1.165, 1.54) is 12.3 Å². The molecule has 1 aromatic heterocycles. The molecule has 1 saturated heterocycles. The first-order valence-corrected chi connectivity index (χ1v) is 5.40. The Balaban J connectivity index is 2.30. The highest BCUT2D eigenvalue weighted by atomic mass is 19.1. The molecule has 0 radical (unpaired) electrons. The summed E-state index contributed by atoms with van der Waals surface area (Å²) in [5, 5.41) is 18.8.